The second-order valence-electron chi connectivity index (χ2n) is 3.91. The Labute approximate surface area is 86.3 Å². The van der Waals surface area contributed by atoms with E-state index in [4.69, 9.17) is 5.73 Å². The van der Waals surface area contributed by atoms with E-state index in [-0.39, 0.29) is 5.82 Å². The minimum atomic E-state index is -0.622. The average Bonchev–Trinajstić information content (AvgIpc) is 2.17. The van der Waals surface area contributed by atoms with Gasteiger partial charge in [-0.3, -0.25) is 9.78 Å². The van der Waals surface area contributed by atoms with Gasteiger partial charge in [0, 0.05) is 19.1 Å². The molecule has 0 unspecified atom stereocenters. The average molecular weight is 213 g/mol. The number of aromatic amines is 2. The zero-order chi connectivity index (χ0) is 11.6. The molecule has 15 heavy (non-hydrogen) atoms. The van der Waals surface area contributed by atoms with Gasteiger partial charge in [-0.05, 0) is 13.8 Å². The fraction of sp³-hybridized carbons (Fsp3) is 0.625. The summed E-state index contributed by atoms with van der Waals surface area (Å²) in [7, 11) is 1.70. The van der Waals surface area contributed by atoms with E-state index in [0.717, 1.165) is 0 Å². The van der Waals surface area contributed by atoms with Crippen LogP contribution >= 0.6 is 0 Å². The van der Waals surface area contributed by atoms with E-state index >= 15 is 0 Å². The standard InChI is InChI=1S/C8H15N5O2/c1-8(2,4-9)13(3)5-6(14)10-7(15)12-11-5/h4,9H2,1-3H3,(H2,10,12,14,15). The molecule has 0 fully saturated rings. The highest BCUT2D eigenvalue weighted by molar-refractivity contribution is 5.36. The van der Waals surface area contributed by atoms with Crippen molar-refractivity contribution in [3.63, 3.8) is 0 Å². The lowest BCUT2D eigenvalue weighted by molar-refractivity contribution is 0.490. The molecule has 0 aromatic carbocycles. The molecule has 0 aliphatic carbocycles. The van der Waals surface area contributed by atoms with Crippen LogP contribution in [0.15, 0.2) is 9.59 Å². The molecule has 0 bridgehead atoms. The molecule has 0 aliphatic rings. The van der Waals surface area contributed by atoms with E-state index in [9.17, 15) is 9.59 Å². The third-order valence-corrected chi connectivity index (χ3v) is 2.42. The molecule has 0 radical (unpaired) electrons. The number of likely N-dealkylation sites (N-methyl/N-ethyl adjacent to an activating group) is 1. The molecule has 0 saturated carbocycles. The summed E-state index contributed by atoms with van der Waals surface area (Å²) in [6, 6.07) is 0. The molecular weight excluding hydrogens is 198 g/mol. The lowest BCUT2D eigenvalue weighted by Crippen LogP contribution is -2.50. The second kappa shape index (κ2) is 3.85. The number of hydrogen-bond donors (Lipinski definition) is 3. The van der Waals surface area contributed by atoms with Crippen molar-refractivity contribution in [2.24, 2.45) is 5.73 Å². The smallest absolute Gasteiger partial charge is 0.342 e. The zero-order valence-corrected chi connectivity index (χ0v) is 9.00. The summed E-state index contributed by atoms with van der Waals surface area (Å²) in [4.78, 5) is 25.9. The fourth-order valence-electron chi connectivity index (χ4n) is 0.992. The van der Waals surface area contributed by atoms with Crippen molar-refractivity contribution < 1.29 is 0 Å². The van der Waals surface area contributed by atoms with Gasteiger partial charge in [0.15, 0.2) is 0 Å². The van der Waals surface area contributed by atoms with Gasteiger partial charge in [0.05, 0.1) is 0 Å². The largest absolute Gasteiger partial charge is 0.347 e. The Kier molecular flexibility index (Phi) is 2.94. The second-order valence-corrected chi connectivity index (χ2v) is 3.91. The third kappa shape index (κ3) is 2.24. The minimum absolute atomic E-state index is 0.144. The summed E-state index contributed by atoms with van der Waals surface area (Å²) in [6.45, 7) is 4.11. The molecule has 0 atom stereocenters. The molecule has 0 saturated heterocycles. The quantitative estimate of drug-likeness (QED) is 0.574. The van der Waals surface area contributed by atoms with Gasteiger partial charge in [-0.25, -0.2) is 9.89 Å². The Balaban J connectivity index is 3.18. The van der Waals surface area contributed by atoms with Crippen LogP contribution in [0.3, 0.4) is 0 Å². The Bertz CT molecular complexity index is 447. The number of H-pyrrole nitrogens is 2. The van der Waals surface area contributed by atoms with Crippen LogP contribution in [0.2, 0.25) is 0 Å². The Hall–Kier alpha value is -1.63. The first-order valence-electron chi connectivity index (χ1n) is 4.51. The van der Waals surface area contributed by atoms with E-state index in [1.165, 1.54) is 0 Å². The predicted molar refractivity (Wildman–Crippen MR) is 57.0 cm³/mol. The van der Waals surface area contributed by atoms with Crippen LogP contribution < -0.4 is 21.9 Å². The maximum Gasteiger partial charge on any atom is 0.342 e. The van der Waals surface area contributed by atoms with Crippen molar-refractivity contribution in [3.05, 3.63) is 20.8 Å². The molecule has 4 N–H and O–H groups in total. The molecule has 7 heteroatoms. The third-order valence-electron chi connectivity index (χ3n) is 2.42. The van der Waals surface area contributed by atoms with Crippen molar-refractivity contribution in [2.45, 2.75) is 19.4 Å². The highest BCUT2D eigenvalue weighted by atomic mass is 16.2. The Morgan fingerprint density at radius 2 is 2.07 bits per heavy atom. The normalized spacial score (nSPS) is 11.5. The first kappa shape index (κ1) is 11.4. The highest BCUT2D eigenvalue weighted by Gasteiger charge is 2.25. The van der Waals surface area contributed by atoms with Crippen LogP contribution in [-0.2, 0) is 0 Å². The topological polar surface area (TPSA) is 108 Å². The molecule has 0 spiro atoms. The van der Waals surface area contributed by atoms with Crippen LogP contribution in [0.25, 0.3) is 0 Å². The monoisotopic (exact) mass is 213 g/mol. The summed E-state index contributed by atoms with van der Waals surface area (Å²) >= 11 is 0. The highest BCUT2D eigenvalue weighted by Crippen LogP contribution is 2.13. The summed E-state index contributed by atoms with van der Waals surface area (Å²) < 4.78 is 0. The molecule has 7 nitrogen and oxygen atoms in total. The van der Waals surface area contributed by atoms with Crippen LogP contribution in [-0.4, -0.2) is 34.3 Å². The zero-order valence-electron chi connectivity index (χ0n) is 9.00. The minimum Gasteiger partial charge on any atom is -0.347 e. The van der Waals surface area contributed by atoms with Crippen LogP contribution in [0, 0.1) is 0 Å². The summed E-state index contributed by atoms with van der Waals surface area (Å²) in [5.41, 5.74) is 4.02. The van der Waals surface area contributed by atoms with E-state index < -0.39 is 16.8 Å². The summed E-state index contributed by atoms with van der Waals surface area (Å²) in [5, 5.41) is 5.86. The van der Waals surface area contributed by atoms with Crippen LogP contribution in [0.4, 0.5) is 5.82 Å². The van der Waals surface area contributed by atoms with Gasteiger partial charge < -0.3 is 10.6 Å². The SMILES string of the molecule is CN(c1n[nH]c(=O)[nH]c1=O)C(C)(C)CN. The Morgan fingerprint density at radius 3 is 2.53 bits per heavy atom. The summed E-state index contributed by atoms with van der Waals surface area (Å²) in [6.07, 6.45) is 0. The first-order valence-corrected chi connectivity index (χ1v) is 4.51. The van der Waals surface area contributed by atoms with Gasteiger partial charge in [0.25, 0.3) is 5.56 Å². The number of anilines is 1. The maximum atomic E-state index is 11.4. The van der Waals surface area contributed by atoms with Crippen molar-refractivity contribution in [1.29, 1.82) is 0 Å². The van der Waals surface area contributed by atoms with Crippen molar-refractivity contribution in [3.8, 4) is 0 Å². The number of nitrogens with one attached hydrogen (secondary N) is 2. The van der Waals surface area contributed by atoms with Crippen molar-refractivity contribution in [1.82, 2.24) is 15.2 Å². The van der Waals surface area contributed by atoms with Gasteiger partial charge in [-0.2, -0.15) is 0 Å². The molecule has 84 valence electrons. The molecule has 0 aliphatic heterocycles. The van der Waals surface area contributed by atoms with E-state index in [1.54, 1.807) is 11.9 Å². The van der Waals surface area contributed by atoms with Gasteiger partial charge in [-0.1, -0.05) is 0 Å². The molecule has 1 aromatic heterocycles. The van der Waals surface area contributed by atoms with Crippen LogP contribution in [0.1, 0.15) is 13.8 Å². The van der Waals surface area contributed by atoms with Gasteiger partial charge in [0.2, 0.25) is 5.82 Å². The molecule has 0 amide bonds. The molecule has 1 rings (SSSR count). The predicted octanol–water partition coefficient (Wildman–Crippen LogP) is -1.37. The number of hydrogen-bond acceptors (Lipinski definition) is 5. The number of nitrogens with zero attached hydrogens (tertiary/aromatic N) is 2. The molecule has 1 aromatic rings. The van der Waals surface area contributed by atoms with Gasteiger partial charge >= 0.3 is 5.69 Å². The Morgan fingerprint density at radius 1 is 1.47 bits per heavy atom. The number of aromatic nitrogens is 3. The lowest BCUT2D eigenvalue weighted by atomic mass is 10.0. The van der Waals surface area contributed by atoms with Gasteiger partial charge in [0.1, 0.15) is 0 Å². The lowest BCUT2D eigenvalue weighted by Gasteiger charge is -2.34. The number of nitrogens with two attached hydrogens (primary N) is 1. The first-order chi connectivity index (χ1) is 6.88. The molecule has 1 heterocycles. The van der Waals surface area contributed by atoms with Crippen molar-refractivity contribution in [2.75, 3.05) is 18.5 Å². The van der Waals surface area contributed by atoms with Crippen LogP contribution in [0.5, 0.6) is 0 Å². The van der Waals surface area contributed by atoms with E-state index in [2.05, 4.69) is 15.2 Å². The van der Waals surface area contributed by atoms with E-state index in [0.29, 0.717) is 6.54 Å². The van der Waals surface area contributed by atoms with Gasteiger partial charge in [-0.15, -0.1) is 5.10 Å². The summed E-state index contributed by atoms with van der Waals surface area (Å²) in [5.74, 6) is 0.144. The van der Waals surface area contributed by atoms with Crippen molar-refractivity contribution >= 4 is 5.82 Å². The van der Waals surface area contributed by atoms with E-state index in [1.807, 2.05) is 13.8 Å². The number of rotatable bonds is 3. The molecular formula is C8H15N5O2. The fourth-order valence-corrected chi connectivity index (χ4v) is 0.992. The maximum absolute atomic E-state index is 11.4.